The topological polar surface area (TPSA) is 196 Å². The number of ether oxygens (including phenoxy) is 2. The SMILES string of the molecule is CCCCOC(=O)N1CCN(C(=O)C(CCc2nn[nH]n2)NC(=O)c2cc(OCC(=O)N3CCC(O)C3)c3ccc(C)cc3n2)CC1. The minimum atomic E-state index is -0.952. The van der Waals surface area contributed by atoms with Crippen molar-refractivity contribution >= 4 is 34.7 Å². The predicted octanol–water partition coefficient (Wildman–Crippen LogP) is 0.840. The first-order chi connectivity index (χ1) is 22.7. The number of carbonyl (C=O) groups excluding carboxylic acids is 4. The molecule has 4 heterocycles. The van der Waals surface area contributed by atoms with Crippen molar-refractivity contribution in [1.29, 1.82) is 0 Å². The van der Waals surface area contributed by atoms with Gasteiger partial charge in [-0.05, 0) is 43.9 Å². The van der Waals surface area contributed by atoms with E-state index in [1.165, 1.54) is 6.07 Å². The second-order valence-electron chi connectivity index (χ2n) is 11.8. The minimum Gasteiger partial charge on any atom is -0.483 e. The molecule has 47 heavy (non-hydrogen) atoms. The van der Waals surface area contributed by atoms with Crippen LogP contribution in [0.4, 0.5) is 4.79 Å². The van der Waals surface area contributed by atoms with Gasteiger partial charge in [-0.25, -0.2) is 9.78 Å². The number of unbranched alkanes of at least 4 members (excludes halogenated alkanes) is 1. The zero-order valence-electron chi connectivity index (χ0n) is 26.7. The van der Waals surface area contributed by atoms with Crippen LogP contribution in [0.2, 0.25) is 0 Å². The minimum absolute atomic E-state index is 0.0131. The number of aliphatic hydroxyl groups is 1. The van der Waals surface area contributed by atoms with E-state index in [1.807, 2.05) is 32.0 Å². The Labute approximate surface area is 271 Å². The molecule has 2 unspecified atom stereocenters. The molecule has 16 nitrogen and oxygen atoms in total. The number of tetrazole rings is 1. The molecule has 2 fully saturated rings. The number of β-amino-alcohol motifs (C(OH)–C–C–N with tert-alkyl or cyclic N) is 1. The highest BCUT2D eigenvalue weighted by atomic mass is 16.6. The Hall–Kier alpha value is -4.86. The quantitative estimate of drug-likeness (QED) is 0.235. The number of H-pyrrole nitrogens is 1. The zero-order chi connectivity index (χ0) is 33.3. The van der Waals surface area contributed by atoms with Crippen LogP contribution in [-0.4, -0.2) is 134 Å². The lowest BCUT2D eigenvalue weighted by molar-refractivity contribution is -0.135. The van der Waals surface area contributed by atoms with Gasteiger partial charge in [-0.3, -0.25) is 14.4 Å². The molecule has 3 N–H and O–H groups in total. The lowest BCUT2D eigenvalue weighted by atomic mass is 10.1. The van der Waals surface area contributed by atoms with Gasteiger partial charge in [-0.15, -0.1) is 10.2 Å². The van der Waals surface area contributed by atoms with Crippen LogP contribution in [0, 0.1) is 6.92 Å². The summed E-state index contributed by atoms with van der Waals surface area (Å²) in [7, 11) is 0. The van der Waals surface area contributed by atoms with Crippen molar-refractivity contribution in [3.8, 4) is 5.75 Å². The van der Waals surface area contributed by atoms with Gasteiger partial charge in [0.2, 0.25) is 5.91 Å². The Balaban J connectivity index is 1.30. The van der Waals surface area contributed by atoms with Crippen molar-refractivity contribution in [2.75, 3.05) is 52.5 Å². The summed E-state index contributed by atoms with van der Waals surface area (Å²) in [6, 6.07) is 6.01. The molecule has 2 atom stereocenters. The number of aliphatic hydroxyl groups excluding tert-OH is 1. The fraction of sp³-hybridized carbons (Fsp3) is 0.548. The predicted molar refractivity (Wildman–Crippen MR) is 167 cm³/mol. The number of aryl methyl sites for hydroxylation is 2. The number of hydrogen-bond acceptors (Lipinski definition) is 11. The first-order valence-electron chi connectivity index (χ1n) is 16.0. The number of hydrogen-bond donors (Lipinski definition) is 3. The molecule has 4 amide bonds. The van der Waals surface area contributed by atoms with E-state index in [0.717, 1.165) is 18.4 Å². The average Bonchev–Trinajstić information content (AvgIpc) is 3.76. The van der Waals surface area contributed by atoms with Crippen LogP contribution in [0.15, 0.2) is 24.3 Å². The fourth-order valence-corrected chi connectivity index (χ4v) is 5.52. The van der Waals surface area contributed by atoms with Crippen LogP contribution < -0.4 is 10.1 Å². The molecule has 5 rings (SSSR count). The number of nitrogens with one attached hydrogen (secondary N) is 2. The number of pyridine rings is 1. The second kappa shape index (κ2) is 15.6. The van der Waals surface area contributed by atoms with E-state index in [1.54, 1.807) is 14.7 Å². The summed E-state index contributed by atoms with van der Waals surface area (Å²) >= 11 is 0. The molecule has 1 aromatic carbocycles. The van der Waals surface area contributed by atoms with Crippen LogP contribution in [-0.2, 0) is 20.7 Å². The number of likely N-dealkylation sites (tertiary alicyclic amines) is 1. The van der Waals surface area contributed by atoms with Crippen molar-refractivity contribution in [3.05, 3.63) is 41.3 Å². The van der Waals surface area contributed by atoms with Crippen LogP contribution >= 0.6 is 0 Å². The summed E-state index contributed by atoms with van der Waals surface area (Å²) in [5.74, 6) is -0.498. The van der Waals surface area contributed by atoms with Gasteiger partial charge in [-0.2, -0.15) is 5.21 Å². The van der Waals surface area contributed by atoms with Gasteiger partial charge < -0.3 is 34.6 Å². The maximum absolute atomic E-state index is 13.8. The van der Waals surface area contributed by atoms with Gasteiger partial charge in [0, 0.05) is 57.1 Å². The number of amides is 4. The highest BCUT2D eigenvalue weighted by Crippen LogP contribution is 2.27. The molecule has 252 valence electrons. The smallest absolute Gasteiger partial charge is 0.409 e. The summed E-state index contributed by atoms with van der Waals surface area (Å²) in [5, 5.41) is 27.1. The number of aromatic amines is 1. The average molecular weight is 652 g/mol. The van der Waals surface area contributed by atoms with Crippen LogP contribution in [0.3, 0.4) is 0 Å². The number of benzene rings is 1. The van der Waals surface area contributed by atoms with E-state index in [2.05, 4.69) is 30.9 Å². The molecule has 0 spiro atoms. The Morgan fingerprint density at radius 2 is 1.87 bits per heavy atom. The van der Waals surface area contributed by atoms with Crippen molar-refractivity contribution < 1.29 is 33.8 Å². The number of piperazine rings is 1. The molecule has 0 saturated carbocycles. The Bertz CT molecular complexity index is 1560. The zero-order valence-corrected chi connectivity index (χ0v) is 26.7. The third-order valence-electron chi connectivity index (χ3n) is 8.25. The molecular formula is C31H41N9O7. The Morgan fingerprint density at radius 1 is 1.09 bits per heavy atom. The molecule has 0 bridgehead atoms. The lowest BCUT2D eigenvalue weighted by Crippen LogP contribution is -2.56. The standard InChI is InChI=1S/C31H41N9O7/c1-3-4-15-46-31(45)39-13-11-38(12-14-39)30(44)23(7-8-27-34-36-37-35-27)33-29(43)25-17-26(22-6-5-20(2)16-24(22)32-25)47-19-28(42)40-10-9-21(41)18-40/h5-6,16-17,21,23,41H,3-4,7-15,18-19H2,1-2H3,(H,33,43)(H,34,35,36,37). The monoisotopic (exact) mass is 651 g/mol. The van der Waals surface area contributed by atoms with Crippen molar-refractivity contribution in [2.45, 2.75) is 58.1 Å². The molecule has 0 radical (unpaired) electrons. The third kappa shape index (κ3) is 8.69. The summed E-state index contributed by atoms with van der Waals surface area (Å²) in [6.45, 7) is 5.88. The molecule has 2 aliphatic heterocycles. The highest BCUT2D eigenvalue weighted by Gasteiger charge is 2.31. The van der Waals surface area contributed by atoms with Gasteiger partial charge in [-0.1, -0.05) is 24.6 Å². The number of fused-ring (bicyclic) bond motifs is 1. The summed E-state index contributed by atoms with van der Waals surface area (Å²) in [6.07, 6.45) is 1.72. The molecule has 0 aliphatic carbocycles. The highest BCUT2D eigenvalue weighted by molar-refractivity contribution is 5.99. The van der Waals surface area contributed by atoms with Crippen molar-refractivity contribution in [3.63, 3.8) is 0 Å². The van der Waals surface area contributed by atoms with Crippen LogP contribution in [0.5, 0.6) is 5.75 Å². The summed E-state index contributed by atoms with van der Waals surface area (Å²) in [4.78, 5) is 61.9. The molecule has 3 aromatic rings. The summed E-state index contributed by atoms with van der Waals surface area (Å²) < 4.78 is 11.2. The Kier molecular flexibility index (Phi) is 11.1. The van der Waals surface area contributed by atoms with Crippen molar-refractivity contribution in [1.82, 2.24) is 45.6 Å². The first-order valence-corrected chi connectivity index (χ1v) is 16.0. The number of rotatable bonds is 12. The van der Waals surface area contributed by atoms with Gasteiger partial charge in [0.15, 0.2) is 12.4 Å². The number of aromatic nitrogens is 5. The largest absolute Gasteiger partial charge is 0.483 e. The third-order valence-corrected chi connectivity index (χ3v) is 8.25. The van der Waals surface area contributed by atoms with Gasteiger partial charge in [0.05, 0.1) is 18.2 Å². The molecule has 2 aromatic heterocycles. The normalized spacial score (nSPS) is 17.1. The van der Waals surface area contributed by atoms with Gasteiger partial charge >= 0.3 is 6.09 Å². The number of carbonyl (C=O) groups is 4. The van der Waals surface area contributed by atoms with Crippen LogP contribution in [0.1, 0.15) is 54.5 Å². The first kappa shape index (κ1) is 33.5. The molecular weight excluding hydrogens is 610 g/mol. The van der Waals surface area contributed by atoms with Crippen LogP contribution in [0.25, 0.3) is 10.9 Å². The second-order valence-corrected chi connectivity index (χ2v) is 11.8. The van der Waals surface area contributed by atoms with E-state index >= 15 is 0 Å². The molecule has 2 saturated heterocycles. The van der Waals surface area contributed by atoms with Gasteiger partial charge in [0.1, 0.15) is 17.5 Å². The van der Waals surface area contributed by atoms with E-state index in [-0.39, 0.29) is 56.6 Å². The fourth-order valence-electron chi connectivity index (χ4n) is 5.52. The maximum atomic E-state index is 13.8. The molecule has 16 heteroatoms. The Morgan fingerprint density at radius 3 is 2.57 bits per heavy atom. The number of nitrogens with zero attached hydrogens (tertiary/aromatic N) is 7. The summed E-state index contributed by atoms with van der Waals surface area (Å²) in [5.41, 5.74) is 1.42. The van der Waals surface area contributed by atoms with Crippen molar-refractivity contribution in [2.24, 2.45) is 0 Å². The molecule has 2 aliphatic rings. The van der Waals surface area contributed by atoms with E-state index in [4.69, 9.17) is 9.47 Å². The van der Waals surface area contributed by atoms with E-state index in [9.17, 15) is 24.3 Å². The van der Waals surface area contributed by atoms with E-state index < -0.39 is 24.1 Å². The van der Waals surface area contributed by atoms with E-state index in [0.29, 0.717) is 55.1 Å². The maximum Gasteiger partial charge on any atom is 0.409 e. The lowest BCUT2D eigenvalue weighted by Gasteiger charge is -2.36. The van der Waals surface area contributed by atoms with Gasteiger partial charge in [0.25, 0.3) is 11.8 Å².